The standard InChI is InChI=1S/C11H14N2O2/c1-6-3-4-12-10(9(6)11(14)15)13-8-5-7(8)2/h3-4,7-8H,5H2,1-2H3,(H,12,13)(H,14,15). The van der Waals surface area contributed by atoms with Crippen molar-refractivity contribution in [3.8, 4) is 0 Å². The van der Waals surface area contributed by atoms with E-state index in [0.717, 1.165) is 12.0 Å². The summed E-state index contributed by atoms with van der Waals surface area (Å²) in [5.41, 5.74) is 1.03. The van der Waals surface area contributed by atoms with Gasteiger partial charge in [-0.25, -0.2) is 9.78 Å². The monoisotopic (exact) mass is 206 g/mol. The van der Waals surface area contributed by atoms with Crippen molar-refractivity contribution < 1.29 is 9.90 Å². The van der Waals surface area contributed by atoms with Gasteiger partial charge in [0.25, 0.3) is 0 Å². The van der Waals surface area contributed by atoms with Crippen molar-refractivity contribution in [3.63, 3.8) is 0 Å². The number of carboxylic acids is 1. The first-order chi connectivity index (χ1) is 7.09. The number of nitrogens with zero attached hydrogens (tertiary/aromatic N) is 1. The molecule has 1 aliphatic rings. The molecule has 1 saturated carbocycles. The van der Waals surface area contributed by atoms with Gasteiger partial charge in [-0.3, -0.25) is 0 Å². The molecule has 1 aromatic heterocycles. The van der Waals surface area contributed by atoms with E-state index in [1.54, 1.807) is 19.2 Å². The van der Waals surface area contributed by atoms with Gasteiger partial charge in [0.05, 0.1) is 0 Å². The fourth-order valence-corrected chi connectivity index (χ4v) is 1.64. The predicted octanol–water partition coefficient (Wildman–Crippen LogP) is 1.91. The van der Waals surface area contributed by atoms with Crippen molar-refractivity contribution in [2.24, 2.45) is 5.92 Å². The second kappa shape index (κ2) is 3.53. The molecular formula is C11H14N2O2. The van der Waals surface area contributed by atoms with Crippen LogP contribution in [-0.2, 0) is 0 Å². The lowest BCUT2D eigenvalue weighted by Crippen LogP contribution is -2.12. The Morgan fingerprint density at radius 3 is 2.87 bits per heavy atom. The fourth-order valence-electron chi connectivity index (χ4n) is 1.64. The number of rotatable bonds is 3. The lowest BCUT2D eigenvalue weighted by molar-refractivity contribution is 0.0697. The Bertz CT molecular complexity index is 404. The van der Waals surface area contributed by atoms with Crippen LogP contribution in [-0.4, -0.2) is 22.1 Å². The number of anilines is 1. The maximum absolute atomic E-state index is 11.0. The van der Waals surface area contributed by atoms with E-state index in [1.807, 2.05) is 0 Å². The molecule has 80 valence electrons. The average molecular weight is 206 g/mol. The summed E-state index contributed by atoms with van der Waals surface area (Å²) in [4.78, 5) is 15.1. The molecule has 4 nitrogen and oxygen atoms in total. The van der Waals surface area contributed by atoms with Crippen LogP contribution in [0.25, 0.3) is 0 Å². The molecule has 0 aliphatic heterocycles. The van der Waals surface area contributed by atoms with Gasteiger partial charge in [0.2, 0.25) is 0 Å². The number of hydrogen-bond donors (Lipinski definition) is 2. The van der Waals surface area contributed by atoms with Crippen LogP contribution in [0.5, 0.6) is 0 Å². The Hall–Kier alpha value is -1.58. The molecule has 2 atom stereocenters. The van der Waals surface area contributed by atoms with Crippen molar-refractivity contribution in [1.29, 1.82) is 0 Å². The first kappa shape index (κ1) is 9.96. The molecule has 1 fully saturated rings. The molecule has 1 aromatic rings. The molecule has 0 aromatic carbocycles. The Morgan fingerprint density at radius 1 is 1.67 bits per heavy atom. The maximum Gasteiger partial charge on any atom is 0.339 e. The van der Waals surface area contributed by atoms with Crippen molar-refractivity contribution in [2.45, 2.75) is 26.3 Å². The van der Waals surface area contributed by atoms with Crippen LogP contribution in [0.2, 0.25) is 0 Å². The summed E-state index contributed by atoms with van der Waals surface area (Å²) in [6.07, 6.45) is 2.73. The van der Waals surface area contributed by atoms with E-state index in [0.29, 0.717) is 17.8 Å². The van der Waals surface area contributed by atoms with Crippen LogP contribution < -0.4 is 5.32 Å². The van der Waals surface area contributed by atoms with Gasteiger partial charge in [0.1, 0.15) is 11.4 Å². The second-order valence-corrected chi connectivity index (χ2v) is 4.12. The summed E-state index contributed by atoms with van der Waals surface area (Å²) in [7, 11) is 0. The van der Waals surface area contributed by atoms with Crippen LogP contribution in [0.3, 0.4) is 0 Å². The number of carbonyl (C=O) groups is 1. The summed E-state index contributed by atoms with van der Waals surface area (Å²) in [5, 5.41) is 12.2. The molecule has 0 radical (unpaired) electrons. The zero-order chi connectivity index (χ0) is 11.0. The topological polar surface area (TPSA) is 62.2 Å². The number of pyridine rings is 1. The molecule has 2 unspecified atom stereocenters. The van der Waals surface area contributed by atoms with Gasteiger partial charge in [-0.15, -0.1) is 0 Å². The predicted molar refractivity (Wildman–Crippen MR) is 57.1 cm³/mol. The third-order valence-electron chi connectivity index (χ3n) is 2.80. The average Bonchev–Trinajstić information content (AvgIpc) is 2.81. The highest BCUT2D eigenvalue weighted by molar-refractivity contribution is 5.94. The molecular weight excluding hydrogens is 192 g/mol. The van der Waals surface area contributed by atoms with Gasteiger partial charge in [-0.2, -0.15) is 0 Å². The molecule has 2 N–H and O–H groups in total. The second-order valence-electron chi connectivity index (χ2n) is 4.12. The van der Waals surface area contributed by atoms with Gasteiger partial charge in [-0.1, -0.05) is 6.92 Å². The molecule has 2 rings (SSSR count). The van der Waals surface area contributed by atoms with Gasteiger partial charge in [0, 0.05) is 12.2 Å². The first-order valence-corrected chi connectivity index (χ1v) is 5.05. The lowest BCUT2D eigenvalue weighted by Gasteiger charge is -2.09. The third kappa shape index (κ3) is 1.93. The quantitative estimate of drug-likeness (QED) is 0.793. The number of aromatic carboxylic acids is 1. The highest BCUT2D eigenvalue weighted by Crippen LogP contribution is 2.33. The number of aryl methyl sites for hydroxylation is 1. The van der Waals surface area contributed by atoms with E-state index < -0.39 is 5.97 Å². The van der Waals surface area contributed by atoms with E-state index in [-0.39, 0.29) is 5.56 Å². The maximum atomic E-state index is 11.0. The SMILES string of the molecule is Cc1ccnc(NC2CC2C)c1C(=O)O. The zero-order valence-electron chi connectivity index (χ0n) is 8.82. The number of hydrogen-bond acceptors (Lipinski definition) is 3. The third-order valence-corrected chi connectivity index (χ3v) is 2.80. The van der Waals surface area contributed by atoms with Crippen LogP contribution in [0.4, 0.5) is 5.82 Å². The molecule has 0 spiro atoms. The van der Waals surface area contributed by atoms with Gasteiger partial charge >= 0.3 is 5.97 Å². The molecule has 4 heteroatoms. The summed E-state index contributed by atoms with van der Waals surface area (Å²) >= 11 is 0. The highest BCUT2D eigenvalue weighted by atomic mass is 16.4. The van der Waals surface area contributed by atoms with E-state index >= 15 is 0 Å². The van der Waals surface area contributed by atoms with Crippen molar-refractivity contribution in [1.82, 2.24) is 4.98 Å². The summed E-state index contributed by atoms with van der Waals surface area (Å²) in [6.45, 7) is 3.92. The van der Waals surface area contributed by atoms with Crippen LogP contribution in [0.1, 0.15) is 29.3 Å². The van der Waals surface area contributed by atoms with Gasteiger partial charge in [0.15, 0.2) is 0 Å². The van der Waals surface area contributed by atoms with Crippen LogP contribution >= 0.6 is 0 Å². The largest absolute Gasteiger partial charge is 0.478 e. The first-order valence-electron chi connectivity index (χ1n) is 5.05. The minimum atomic E-state index is -0.920. The Morgan fingerprint density at radius 2 is 2.33 bits per heavy atom. The summed E-state index contributed by atoms with van der Waals surface area (Å²) in [5.74, 6) is 0.196. The smallest absolute Gasteiger partial charge is 0.339 e. The Balaban J connectivity index is 2.29. The summed E-state index contributed by atoms with van der Waals surface area (Å²) in [6, 6.07) is 2.10. The number of aromatic nitrogens is 1. The minimum Gasteiger partial charge on any atom is -0.478 e. The van der Waals surface area contributed by atoms with Crippen molar-refractivity contribution in [3.05, 3.63) is 23.4 Å². The molecule has 0 amide bonds. The van der Waals surface area contributed by atoms with E-state index in [1.165, 1.54) is 0 Å². The number of nitrogens with one attached hydrogen (secondary N) is 1. The molecule has 1 aliphatic carbocycles. The molecule has 0 bridgehead atoms. The molecule has 1 heterocycles. The lowest BCUT2D eigenvalue weighted by atomic mass is 10.1. The fraction of sp³-hybridized carbons (Fsp3) is 0.455. The normalized spacial score (nSPS) is 23.6. The van der Waals surface area contributed by atoms with Gasteiger partial charge in [-0.05, 0) is 30.9 Å². The van der Waals surface area contributed by atoms with Gasteiger partial charge < -0.3 is 10.4 Å². The van der Waals surface area contributed by atoms with Crippen molar-refractivity contribution in [2.75, 3.05) is 5.32 Å². The minimum absolute atomic E-state index is 0.289. The number of carboxylic acid groups (broad SMARTS) is 1. The van der Waals surface area contributed by atoms with E-state index in [4.69, 9.17) is 5.11 Å². The van der Waals surface area contributed by atoms with Crippen LogP contribution in [0.15, 0.2) is 12.3 Å². The van der Waals surface area contributed by atoms with Crippen LogP contribution in [0, 0.1) is 12.8 Å². The van der Waals surface area contributed by atoms with Crippen molar-refractivity contribution >= 4 is 11.8 Å². The Labute approximate surface area is 88.3 Å². The molecule has 0 saturated heterocycles. The van der Waals surface area contributed by atoms with E-state index in [2.05, 4.69) is 17.2 Å². The Kier molecular flexibility index (Phi) is 2.34. The molecule has 15 heavy (non-hydrogen) atoms. The van der Waals surface area contributed by atoms with E-state index in [9.17, 15) is 4.79 Å². The summed E-state index contributed by atoms with van der Waals surface area (Å²) < 4.78 is 0. The highest BCUT2D eigenvalue weighted by Gasteiger charge is 2.33. The zero-order valence-corrected chi connectivity index (χ0v) is 8.82.